The van der Waals surface area contributed by atoms with E-state index in [4.69, 9.17) is 25.5 Å². The Bertz CT molecular complexity index is 945. The lowest BCUT2D eigenvalue weighted by atomic mass is 10.1. The van der Waals surface area contributed by atoms with Crippen molar-refractivity contribution >= 4 is 11.9 Å². The van der Waals surface area contributed by atoms with Gasteiger partial charge < -0.3 is 20.9 Å². The summed E-state index contributed by atoms with van der Waals surface area (Å²) in [6.07, 6.45) is -0.543. The molecule has 11 nitrogen and oxygen atoms in total. The van der Waals surface area contributed by atoms with Crippen LogP contribution < -0.4 is 5.73 Å². The summed E-state index contributed by atoms with van der Waals surface area (Å²) in [5.74, 6) is -4.39. The summed E-state index contributed by atoms with van der Waals surface area (Å²) < 4.78 is 65.5. The van der Waals surface area contributed by atoms with Crippen molar-refractivity contribution in [2.75, 3.05) is 13.1 Å². The van der Waals surface area contributed by atoms with Gasteiger partial charge in [0.1, 0.15) is 5.82 Å². The van der Waals surface area contributed by atoms with Gasteiger partial charge >= 0.3 is 24.3 Å². The lowest BCUT2D eigenvalue weighted by Crippen LogP contribution is -2.34. The number of nitrogens with one attached hydrogen (secondary N) is 1. The number of halogens is 6. The molecule has 1 saturated heterocycles. The van der Waals surface area contributed by atoms with Gasteiger partial charge in [0.25, 0.3) is 0 Å². The van der Waals surface area contributed by atoms with Crippen molar-refractivity contribution in [3.05, 3.63) is 29.6 Å². The number of hydrogen-bond donors (Lipinski definition) is 4. The molecule has 0 aliphatic carbocycles. The lowest BCUT2D eigenvalue weighted by Gasteiger charge is -2.31. The highest BCUT2D eigenvalue weighted by molar-refractivity contribution is 5.73. The van der Waals surface area contributed by atoms with Gasteiger partial charge in [0.05, 0.1) is 17.9 Å². The second kappa shape index (κ2) is 14.5. The largest absolute Gasteiger partial charge is 0.490 e. The standard InChI is InChI=1S/C16H27N7.2C2HF3O2/c1-2-3-4-16-18-10-14(19-16)11-22-7-5-15(6-8-22)23-12-13(9-17)20-21-23;2*3-2(4,5)1(6)7/h10,12,15H,2-9,11,17H2,1H3,(H,18,19);2*(H,6,7). The molecular weight excluding hydrogens is 516 g/mol. The highest BCUT2D eigenvalue weighted by Gasteiger charge is 2.38. The molecule has 5 N–H and O–H groups in total. The van der Waals surface area contributed by atoms with Crippen molar-refractivity contribution in [3.63, 3.8) is 0 Å². The van der Waals surface area contributed by atoms with Gasteiger partial charge in [-0.3, -0.25) is 4.90 Å². The first-order chi connectivity index (χ1) is 17.2. The molecule has 0 spiro atoms. The van der Waals surface area contributed by atoms with Crippen LogP contribution in [-0.4, -0.2) is 77.5 Å². The topological polar surface area (TPSA) is 163 Å². The van der Waals surface area contributed by atoms with E-state index in [1.54, 1.807) is 0 Å². The third kappa shape index (κ3) is 12.1. The van der Waals surface area contributed by atoms with Crippen LogP contribution in [-0.2, 0) is 29.1 Å². The molecular formula is C20H29F6N7O4. The number of aryl methyl sites for hydroxylation is 1. The van der Waals surface area contributed by atoms with Crippen LogP contribution in [0.3, 0.4) is 0 Å². The molecule has 37 heavy (non-hydrogen) atoms. The van der Waals surface area contributed by atoms with E-state index in [-0.39, 0.29) is 0 Å². The molecule has 0 radical (unpaired) electrons. The third-order valence-electron chi connectivity index (χ3n) is 5.03. The summed E-state index contributed by atoms with van der Waals surface area (Å²) in [5.41, 5.74) is 7.69. The molecule has 210 valence electrons. The zero-order chi connectivity index (χ0) is 28.2. The van der Waals surface area contributed by atoms with E-state index in [0.717, 1.165) is 50.4 Å². The van der Waals surface area contributed by atoms with Crippen LogP contribution in [0.4, 0.5) is 26.3 Å². The number of piperidine rings is 1. The molecule has 1 aliphatic heterocycles. The van der Waals surface area contributed by atoms with Gasteiger partial charge in [-0.1, -0.05) is 18.6 Å². The number of nitrogens with zero attached hydrogens (tertiary/aromatic N) is 5. The fourth-order valence-corrected chi connectivity index (χ4v) is 3.13. The Balaban J connectivity index is 0.000000404. The number of carbonyl (C=O) groups is 2. The first kappa shape index (κ1) is 31.8. The smallest absolute Gasteiger partial charge is 0.475 e. The molecule has 1 aliphatic rings. The van der Waals surface area contributed by atoms with E-state index in [2.05, 4.69) is 32.1 Å². The Morgan fingerprint density at radius 1 is 1.11 bits per heavy atom. The van der Waals surface area contributed by atoms with E-state index in [1.807, 2.05) is 17.1 Å². The van der Waals surface area contributed by atoms with Crippen molar-refractivity contribution in [2.24, 2.45) is 5.73 Å². The van der Waals surface area contributed by atoms with Gasteiger partial charge in [0.15, 0.2) is 0 Å². The van der Waals surface area contributed by atoms with Crippen LogP contribution in [0.1, 0.15) is 55.9 Å². The normalized spacial score (nSPS) is 14.8. The third-order valence-corrected chi connectivity index (χ3v) is 5.03. The highest BCUT2D eigenvalue weighted by atomic mass is 19.4. The van der Waals surface area contributed by atoms with Crippen LogP contribution in [0.5, 0.6) is 0 Å². The maximum atomic E-state index is 10.6. The van der Waals surface area contributed by atoms with Gasteiger partial charge in [-0.05, 0) is 19.3 Å². The second-order valence-electron chi connectivity index (χ2n) is 7.97. The number of aromatic amines is 1. The summed E-state index contributed by atoms with van der Waals surface area (Å²) >= 11 is 0. The molecule has 0 unspecified atom stereocenters. The minimum Gasteiger partial charge on any atom is -0.475 e. The SMILES string of the molecule is CCCCc1ncc(CN2CCC(n3cc(CN)nn3)CC2)[nH]1.O=C(O)C(F)(F)F.O=C(O)C(F)(F)F. The van der Waals surface area contributed by atoms with Crippen LogP contribution in [0.25, 0.3) is 0 Å². The predicted molar refractivity (Wildman–Crippen MR) is 116 cm³/mol. The maximum absolute atomic E-state index is 10.6. The molecule has 2 aromatic rings. The van der Waals surface area contributed by atoms with Crippen molar-refractivity contribution < 1.29 is 46.1 Å². The molecule has 0 bridgehead atoms. The summed E-state index contributed by atoms with van der Waals surface area (Å²) in [5, 5.41) is 22.5. The quantitative estimate of drug-likeness (QED) is 0.383. The van der Waals surface area contributed by atoms with Gasteiger partial charge in [-0.2, -0.15) is 26.3 Å². The monoisotopic (exact) mass is 545 g/mol. The average Bonchev–Trinajstić information content (AvgIpc) is 3.47. The number of aromatic nitrogens is 5. The number of alkyl halides is 6. The van der Waals surface area contributed by atoms with Crippen molar-refractivity contribution in [3.8, 4) is 0 Å². The minimum absolute atomic E-state index is 0.445. The molecule has 2 aromatic heterocycles. The number of aliphatic carboxylic acids is 2. The maximum Gasteiger partial charge on any atom is 0.490 e. The second-order valence-corrected chi connectivity index (χ2v) is 7.97. The van der Waals surface area contributed by atoms with Crippen LogP contribution in [0.2, 0.25) is 0 Å². The number of carboxylic acids is 2. The number of H-pyrrole nitrogens is 1. The number of unbranched alkanes of at least 4 members (excludes halogenated alkanes) is 1. The van der Waals surface area contributed by atoms with Crippen LogP contribution in [0, 0.1) is 0 Å². The molecule has 0 saturated carbocycles. The first-order valence-electron chi connectivity index (χ1n) is 11.1. The van der Waals surface area contributed by atoms with E-state index >= 15 is 0 Å². The fourth-order valence-electron chi connectivity index (χ4n) is 3.13. The van der Waals surface area contributed by atoms with Crippen molar-refractivity contribution in [1.82, 2.24) is 29.9 Å². The minimum atomic E-state index is -5.08. The summed E-state index contributed by atoms with van der Waals surface area (Å²) in [4.78, 5) is 28.2. The summed E-state index contributed by atoms with van der Waals surface area (Å²) in [7, 11) is 0. The zero-order valence-electron chi connectivity index (χ0n) is 19.9. The van der Waals surface area contributed by atoms with Crippen LogP contribution in [0.15, 0.2) is 12.4 Å². The van der Waals surface area contributed by atoms with E-state index in [0.29, 0.717) is 12.6 Å². The van der Waals surface area contributed by atoms with Gasteiger partial charge in [-0.25, -0.2) is 19.3 Å². The Morgan fingerprint density at radius 2 is 1.65 bits per heavy atom. The number of likely N-dealkylation sites (tertiary alicyclic amines) is 1. The Hall–Kier alpha value is -3.21. The fraction of sp³-hybridized carbons (Fsp3) is 0.650. The lowest BCUT2D eigenvalue weighted by molar-refractivity contribution is -0.193. The number of hydrogen-bond acceptors (Lipinski definition) is 7. The number of carboxylic acid groups (broad SMARTS) is 2. The molecule has 0 atom stereocenters. The van der Waals surface area contributed by atoms with E-state index in [9.17, 15) is 26.3 Å². The number of rotatable bonds is 7. The van der Waals surface area contributed by atoms with Crippen molar-refractivity contribution in [1.29, 1.82) is 0 Å². The Kier molecular flexibility index (Phi) is 12.5. The highest BCUT2D eigenvalue weighted by Crippen LogP contribution is 2.22. The Morgan fingerprint density at radius 3 is 2.08 bits per heavy atom. The molecule has 17 heteroatoms. The van der Waals surface area contributed by atoms with Crippen LogP contribution >= 0.6 is 0 Å². The zero-order valence-corrected chi connectivity index (χ0v) is 19.9. The predicted octanol–water partition coefficient (Wildman–Crippen LogP) is 2.91. The van der Waals surface area contributed by atoms with E-state index < -0.39 is 24.3 Å². The first-order valence-corrected chi connectivity index (χ1v) is 11.1. The summed E-state index contributed by atoms with van der Waals surface area (Å²) in [6, 6.07) is 0.445. The van der Waals surface area contributed by atoms with Gasteiger partial charge in [0, 0.05) is 44.5 Å². The van der Waals surface area contributed by atoms with Crippen molar-refractivity contribution in [2.45, 2.75) is 70.5 Å². The molecule has 1 fully saturated rings. The summed E-state index contributed by atoms with van der Waals surface area (Å²) in [6.45, 7) is 5.77. The van der Waals surface area contributed by atoms with Gasteiger partial charge in [0.2, 0.25) is 0 Å². The number of nitrogens with two attached hydrogens (primary N) is 1. The molecule has 0 amide bonds. The molecule has 3 rings (SSSR count). The van der Waals surface area contributed by atoms with Gasteiger partial charge in [-0.15, -0.1) is 5.10 Å². The average molecular weight is 545 g/mol. The van der Waals surface area contributed by atoms with E-state index in [1.165, 1.54) is 18.5 Å². The molecule has 3 heterocycles. The Labute approximate surface area is 207 Å². The number of imidazole rings is 1. The molecule has 0 aromatic carbocycles.